The fraction of sp³-hybridized carbons (Fsp3) is 0.391. The van der Waals surface area contributed by atoms with Gasteiger partial charge in [0.2, 0.25) is 5.88 Å². The minimum atomic E-state index is 0.303. The van der Waals surface area contributed by atoms with Gasteiger partial charge in [-0.2, -0.15) is 0 Å². The summed E-state index contributed by atoms with van der Waals surface area (Å²) in [6, 6.07) is 12.4. The van der Waals surface area contributed by atoms with Crippen molar-refractivity contribution in [3.63, 3.8) is 0 Å². The number of fused-ring (bicyclic) bond motifs is 1. The molecule has 1 aliphatic rings. The third-order valence-corrected chi connectivity index (χ3v) is 5.46. The first-order valence-electron chi connectivity index (χ1n) is 10.4. The molecule has 0 unspecified atom stereocenters. The lowest BCUT2D eigenvalue weighted by Crippen LogP contribution is -2.38. The highest BCUT2D eigenvalue weighted by Crippen LogP contribution is 2.25. The zero-order valence-electron chi connectivity index (χ0n) is 16.9. The van der Waals surface area contributed by atoms with Crippen LogP contribution in [0.25, 0.3) is 10.9 Å². The monoisotopic (exact) mass is 391 g/mol. The quantitative estimate of drug-likeness (QED) is 0.423. The third-order valence-electron chi connectivity index (χ3n) is 5.46. The normalized spacial score (nSPS) is 15.0. The van der Waals surface area contributed by atoms with Crippen LogP contribution in [-0.2, 0) is 13.0 Å². The first-order valence-corrected chi connectivity index (χ1v) is 10.4. The first-order chi connectivity index (χ1) is 14.3. The SMILES string of the molecule is CN=C(NCCc1c[nH]c2ccccc12)NCc1cccnc1OC1CCCC1. The van der Waals surface area contributed by atoms with E-state index in [9.17, 15) is 0 Å². The Morgan fingerprint density at radius 3 is 2.86 bits per heavy atom. The van der Waals surface area contributed by atoms with Gasteiger partial charge in [0.05, 0.1) is 0 Å². The Bertz CT molecular complexity index is 959. The van der Waals surface area contributed by atoms with Crippen LogP contribution >= 0.6 is 0 Å². The van der Waals surface area contributed by atoms with Crippen molar-refractivity contribution >= 4 is 16.9 Å². The number of nitrogens with one attached hydrogen (secondary N) is 3. The molecule has 1 aliphatic carbocycles. The second-order valence-corrected chi connectivity index (χ2v) is 7.45. The molecule has 6 heteroatoms. The van der Waals surface area contributed by atoms with Crippen LogP contribution in [0.1, 0.15) is 36.8 Å². The number of ether oxygens (including phenoxy) is 1. The number of aromatic nitrogens is 2. The van der Waals surface area contributed by atoms with Gasteiger partial charge in [0, 0.05) is 49.0 Å². The minimum absolute atomic E-state index is 0.303. The summed E-state index contributed by atoms with van der Waals surface area (Å²) in [4.78, 5) is 12.1. The number of nitrogens with zero attached hydrogens (tertiary/aromatic N) is 2. The van der Waals surface area contributed by atoms with Crippen molar-refractivity contribution in [2.45, 2.75) is 44.8 Å². The number of H-pyrrole nitrogens is 1. The average Bonchev–Trinajstić information content (AvgIpc) is 3.41. The van der Waals surface area contributed by atoms with E-state index >= 15 is 0 Å². The van der Waals surface area contributed by atoms with Crippen molar-refractivity contribution in [3.05, 3.63) is 59.9 Å². The molecule has 2 heterocycles. The number of benzene rings is 1. The number of pyridine rings is 1. The van der Waals surface area contributed by atoms with Crippen LogP contribution in [-0.4, -0.2) is 35.6 Å². The number of aromatic amines is 1. The molecule has 0 spiro atoms. The molecule has 0 bridgehead atoms. The Labute approximate surface area is 171 Å². The van der Waals surface area contributed by atoms with E-state index in [2.05, 4.69) is 62.1 Å². The standard InChI is InChI=1S/C23H29N5O/c1-24-23(26-14-12-17-15-27-21-11-5-4-10-20(17)21)28-16-18-7-6-13-25-22(18)29-19-8-2-3-9-19/h4-7,10-11,13,15,19,27H,2-3,8-9,12,14,16H2,1H3,(H2,24,26,28). The number of guanidine groups is 1. The lowest BCUT2D eigenvalue weighted by atomic mass is 10.1. The summed E-state index contributed by atoms with van der Waals surface area (Å²) in [5.74, 6) is 1.52. The molecule has 0 amide bonds. The summed E-state index contributed by atoms with van der Waals surface area (Å²) in [7, 11) is 1.79. The van der Waals surface area contributed by atoms with Crippen LogP contribution in [0.4, 0.5) is 0 Å². The molecular weight excluding hydrogens is 362 g/mol. The van der Waals surface area contributed by atoms with Gasteiger partial charge < -0.3 is 20.4 Å². The van der Waals surface area contributed by atoms with E-state index in [1.54, 1.807) is 13.2 Å². The molecule has 3 N–H and O–H groups in total. The topological polar surface area (TPSA) is 74.3 Å². The van der Waals surface area contributed by atoms with Crippen molar-refractivity contribution in [2.75, 3.05) is 13.6 Å². The fourth-order valence-corrected chi connectivity index (χ4v) is 3.88. The minimum Gasteiger partial charge on any atom is -0.474 e. The van der Waals surface area contributed by atoms with Gasteiger partial charge in [-0.3, -0.25) is 4.99 Å². The van der Waals surface area contributed by atoms with Crippen LogP contribution in [0.5, 0.6) is 5.88 Å². The van der Waals surface area contributed by atoms with Crippen LogP contribution in [0.2, 0.25) is 0 Å². The molecular formula is C23H29N5O. The lowest BCUT2D eigenvalue weighted by Gasteiger charge is -2.16. The highest BCUT2D eigenvalue weighted by molar-refractivity contribution is 5.83. The molecule has 29 heavy (non-hydrogen) atoms. The van der Waals surface area contributed by atoms with E-state index in [0.717, 1.165) is 43.2 Å². The molecule has 3 aromatic rings. The smallest absolute Gasteiger partial charge is 0.218 e. The fourth-order valence-electron chi connectivity index (χ4n) is 3.88. The Morgan fingerprint density at radius 2 is 2.00 bits per heavy atom. The maximum Gasteiger partial charge on any atom is 0.218 e. The summed E-state index contributed by atoms with van der Waals surface area (Å²) >= 11 is 0. The van der Waals surface area contributed by atoms with Crippen LogP contribution < -0.4 is 15.4 Å². The van der Waals surface area contributed by atoms with E-state index in [-0.39, 0.29) is 0 Å². The number of para-hydroxylation sites is 1. The van der Waals surface area contributed by atoms with Gasteiger partial charge in [0.1, 0.15) is 6.10 Å². The molecule has 1 saturated carbocycles. The van der Waals surface area contributed by atoms with Crippen molar-refractivity contribution in [1.82, 2.24) is 20.6 Å². The molecule has 0 atom stereocenters. The third kappa shape index (κ3) is 4.88. The number of hydrogen-bond acceptors (Lipinski definition) is 3. The second kappa shape index (κ2) is 9.45. The van der Waals surface area contributed by atoms with E-state index in [0.29, 0.717) is 12.6 Å². The van der Waals surface area contributed by atoms with Gasteiger partial charge in [-0.1, -0.05) is 24.3 Å². The molecule has 4 rings (SSSR count). The molecule has 2 aromatic heterocycles. The number of aliphatic imine (C=N–C) groups is 1. The highest BCUT2D eigenvalue weighted by Gasteiger charge is 2.18. The molecule has 0 aliphatic heterocycles. The van der Waals surface area contributed by atoms with Crippen molar-refractivity contribution in [2.24, 2.45) is 4.99 Å². The Morgan fingerprint density at radius 1 is 1.14 bits per heavy atom. The largest absolute Gasteiger partial charge is 0.474 e. The summed E-state index contributed by atoms with van der Waals surface area (Å²) in [5, 5.41) is 8.06. The highest BCUT2D eigenvalue weighted by atomic mass is 16.5. The summed E-state index contributed by atoms with van der Waals surface area (Å²) in [6.45, 7) is 1.43. The molecule has 0 saturated heterocycles. The van der Waals surface area contributed by atoms with E-state index in [4.69, 9.17) is 4.74 Å². The molecule has 6 nitrogen and oxygen atoms in total. The molecule has 0 radical (unpaired) electrons. The predicted octanol–water partition coefficient (Wildman–Crippen LogP) is 3.79. The van der Waals surface area contributed by atoms with Crippen LogP contribution in [0.3, 0.4) is 0 Å². The van der Waals surface area contributed by atoms with Crippen molar-refractivity contribution in [3.8, 4) is 5.88 Å². The zero-order chi connectivity index (χ0) is 19.9. The predicted molar refractivity (Wildman–Crippen MR) is 117 cm³/mol. The maximum atomic E-state index is 6.13. The summed E-state index contributed by atoms with van der Waals surface area (Å²) in [6.07, 6.45) is 9.86. The van der Waals surface area contributed by atoms with Gasteiger partial charge in [-0.15, -0.1) is 0 Å². The first kappa shape index (κ1) is 19.3. The maximum absolute atomic E-state index is 6.13. The second-order valence-electron chi connectivity index (χ2n) is 7.45. The van der Waals surface area contributed by atoms with Crippen molar-refractivity contribution < 1.29 is 4.74 Å². The lowest BCUT2D eigenvalue weighted by molar-refractivity contribution is 0.199. The molecule has 1 aromatic carbocycles. The summed E-state index contributed by atoms with van der Waals surface area (Å²) < 4.78 is 6.13. The zero-order valence-corrected chi connectivity index (χ0v) is 16.9. The van der Waals surface area contributed by atoms with Gasteiger partial charge in [0.15, 0.2) is 5.96 Å². The number of hydrogen-bond donors (Lipinski definition) is 3. The Hall–Kier alpha value is -3.02. The Kier molecular flexibility index (Phi) is 6.29. The van der Waals surface area contributed by atoms with Crippen LogP contribution in [0, 0.1) is 0 Å². The average molecular weight is 392 g/mol. The van der Waals surface area contributed by atoms with E-state index < -0.39 is 0 Å². The van der Waals surface area contributed by atoms with Gasteiger partial charge in [-0.05, 0) is 49.8 Å². The van der Waals surface area contributed by atoms with E-state index in [1.165, 1.54) is 29.3 Å². The van der Waals surface area contributed by atoms with Crippen molar-refractivity contribution in [1.29, 1.82) is 0 Å². The number of rotatable bonds is 7. The summed E-state index contributed by atoms with van der Waals surface area (Å²) in [5.41, 5.74) is 3.54. The van der Waals surface area contributed by atoms with E-state index in [1.807, 2.05) is 6.07 Å². The Balaban J connectivity index is 1.29. The van der Waals surface area contributed by atoms with Gasteiger partial charge >= 0.3 is 0 Å². The van der Waals surface area contributed by atoms with Gasteiger partial charge in [-0.25, -0.2) is 4.98 Å². The van der Waals surface area contributed by atoms with Gasteiger partial charge in [0.25, 0.3) is 0 Å². The molecule has 1 fully saturated rings. The van der Waals surface area contributed by atoms with Crippen LogP contribution in [0.15, 0.2) is 53.8 Å². The molecule has 152 valence electrons.